The summed E-state index contributed by atoms with van der Waals surface area (Å²) in [4.78, 5) is 25.7. The van der Waals surface area contributed by atoms with Crippen LogP contribution < -0.4 is 5.56 Å². The summed E-state index contributed by atoms with van der Waals surface area (Å²) in [5.74, 6) is -1.78. The van der Waals surface area contributed by atoms with Gasteiger partial charge >= 0.3 is 5.97 Å². The molecule has 0 saturated heterocycles. The second-order valence-electron chi connectivity index (χ2n) is 3.21. The summed E-state index contributed by atoms with van der Waals surface area (Å²) in [6.45, 7) is 0. The predicted molar refractivity (Wildman–Crippen MR) is 52.8 cm³/mol. The van der Waals surface area contributed by atoms with Crippen molar-refractivity contribution in [3.63, 3.8) is 0 Å². The summed E-state index contributed by atoms with van der Waals surface area (Å²) < 4.78 is 14.3. The fourth-order valence-electron chi connectivity index (χ4n) is 1.38. The number of carboxylic acid groups (broad SMARTS) is 1. The van der Waals surface area contributed by atoms with Gasteiger partial charge in [-0.25, -0.2) is 9.37 Å². The minimum absolute atomic E-state index is 0.0441. The van der Waals surface area contributed by atoms with Crippen LogP contribution in [-0.4, -0.2) is 20.5 Å². The van der Waals surface area contributed by atoms with Gasteiger partial charge in [0, 0.05) is 12.3 Å². The SMILES string of the molecule is O=C(O)Cc1cc(=O)n2cccc(F)c2n1. The first-order valence-corrected chi connectivity index (χ1v) is 4.46. The number of fused-ring (bicyclic) bond motifs is 1. The smallest absolute Gasteiger partial charge is 0.309 e. The molecule has 82 valence electrons. The third-order valence-electron chi connectivity index (χ3n) is 2.03. The zero-order valence-electron chi connectivity index (χ0n) is 8.05. The monoisotopic (exact) mass is 222 g/mol. The summed E-state index contributed by atoms with van der Waals surface area (Å²) in [5.41, 5.74) is -0.616. The van der Waals surface area contributed by atoms with E-state index in [9.17, 15) is 14.0 Å². The van der Waals surface area contributed by atoms with Crippen LogP contribution in [0.5, 0.6) is 0 Å². The minimum atomic E-state index is -1.12. The lowest BCUT2D eigenvalue weighted by molar-refractivity contribution is -0.136. The Balaban J connectivity index is 2.70. The van der Waals surface area contributed by atoms with Crippen LogP contribution in [0.4, 0.5) is 4.39 Å². The summed E-state index contributed by atoms with van der Waals surface area (Å²) >= 11 is 0. The highest BCUT2D eigenvalue weighted by molar-refractivity contribution is 5.69. The molecule has 2 heterocycles. The standard InChI is InChI=1S/C10H7FN2O3/c11-7-2-1-3-13-8(14)4-6(5-9(15)16)12-10(7)13/h1-4H,5H2,(H,15,16). The fourth-order valence-corrected chi connectivity index (χ4v) is 1.38. The molecule has 2 aromatic rings. The molecule has 5 nitrogen and oxygen atoms in total. The van der Waals surface area contributed by atoms with Gasteiger partial charge in [0.25, 0.3) is 5.56 Å². The first kappa shape index (κ1) is 10.3. The normalized spacial score (nSPS) is 10.6. The van der Waals surface area contributed by atoms with Crippen LogP contribution in [0.25, 0.3) is 5.65 Å². The zero-order chi connectivity index (χ0) is 11.7. The predicted octanol–water partition coefficient (Wildman–Crippen LogP) is 0.461. The van der Waals surface area contributed by atoms with Gasteiger partial charge in [0.15, 0.2) is 11.5 Å². The number of carbonyl (C=O) groups is 1. The molecule has 0 unspecified atom stereocenters. The van der Waals surface area contributed by atoms with Crippen molar-refractivity contribution in [1.82, 2.24) is 9.38 Å². The van der Waals surface area contributed by atoms with Crippen molar-refractivity contribution in [2.24, 2.45) is 0 Å². The molecule has 0 amide bonds. The number of aliphatic carboxylic acids is 1. The van der Waals surface area contributed by atoms with Crippen molar-refractivity contribution in [2.75, 3.05) is 0 Å². The maximum Gasteiger partial charge on any atom is 0.309 e. The minimum Gasteiger partial charge on any atom is -0.481 e. The molecule has 0 aliphatic carbocycles. The number of pyridine rings is 1. The van der Waals surface area contributed by atoms with Gasteiger partial charge in [-0.2, -0.15) is 0 Å². The van der Waals surface area contributed by atoms with E-state index in [2.05, 4.69) is 4.98 Å². The van der Waals surface area contributed by atoms with Crippen LogP contribution in [0.3, 0.4) is 0 Å². The number of hydrogen-bond donors (Lipinski definition) is 1. The van der Waals surface area contributed by atoms with Crippen LogP contribution in [0.1, 0.15) is 5.69 Å². The summed E-state index contributed by atoms with van der Waals surface area (Å²) in [7, 11) is 0. The second-order valence-corrected chi connectivity index (χ2v) is 3.21. The van der Waals surface area contributed by atoms with Gasteiger partial charge in [-0.15, -0.1) is 0 Å². The molecule has 0 saturated carbocycles. The van der Waals surface area contributed by atoms with Gasteiger partial charge in [-0.1, -0.05) is 0 Å². The highest BCUT2D eigenvalue weighted by Crippen LogP contribution is 2.05. The van der Waals surface area contributed by atoms with Crippen molar-refractivity contribution < 1.29 is 14.3 Å². The zero-order valence-corrected chi connectivity index (χ0v) is 8.05. The Hall–Kier alpha value is -2.24. The number of carboxylic acids is 1. The Kier molecular flexibility index (Phi) is 2.40. The summed E-state index contributed by atoms with van der Waals surface area (Å²) in [5, 5.41) is 8.56. The molecule has 0 aromatic carbocycles. The van der Waals surface area contributed by atoms with E-state index >= 15 is 0 Å². The van der Waals surface area contributed by atoms with Gasteiger partial charge in [-0.05, 0) is 12.1 Å². The van der Waals surface area contributed by atoms with Crippen LogP contribution in [0.2, 0.25) is 0 Å². The number of nitrogens with zero attached hydrogens (tertiary/aromatic N) is 2. The van der Waals surface area contributed by atoms with Crippen molar-refractivity contribution in [3.05, 3.63) is 46.3 Å². The lowest BCUT2D eigenvalue weighted by Crippen LogP contribution is -2.17. The highest BCUT2D eigenvalue weighted by atomic mass is 19.1. The molecule has 16 heavy (non-hydrogen) atoms. The van der Waals surface area contributed by atoms with Gasteiger partial charge in [0.05, 0.1) is 12.1 Å². The first-order valence-electron chi connectivity index (χ1n) is 4.46. The van der Waals surface area contributed by atoms with Gasteiger partial charge in [0.1, 0.15) is 0 Å². The lowest BCUT2D eigenvalue weighted by atomic mass is 10.3. The average Bonchev–Trinajstić information content (AvgIpc) is 2.19. The Bertz CT molecular complexity index is 621. The van der Waals surface area contributed by atoms with Crippen LogP contribution in [0, 0.1) is 5.82 Å². The first-order chi connectivity index (χ1) is 7.58. The topological polar surface area (TPSA) is 71.7 Å². The molecular formula is C10H7FN2O3. The van der Waals surface area contributed by atoms with E-state index in [1.54, 1.807) is 0 Å². The molecule has 2 aromatic heterocycles. The van der Waals surface area contributed by atoms with Gasteiger partial charge < -0.3 is 5.11 Å². The Labute approximate surface area is 88.8 Å². The van der Waals surface area contributed by atoms with Crippen molar-refractivity contribution in [3.8, 4) is 0 Å². The molecule has 0 aliphatic rings. The Morgan fingerprint density at radius 3 is 3.00 bits per heavy atom. The molecule has 1 N–H and O–H groups in total. The Morgan fingerprint density at radius 1 is 1.56 bits per heavy atom. The average molecular weight is 222 g/mol. The van der Waals surface area contributed by atoms with Gasteiger partial charge in [-0.3, -0.25) is 14.0 Å². The molecular weight excluding hydrogens is 215 g/mol. The fraction of sp³-hybridized carbons (Fsp3) is 0.100. The number of aromatic nitrogens is 2. The Morgan fingerprint density at radius 2 is 2.31 bits per heavy atom. The van der Waals surface area contributed by atoms with Crippen molar-refractivity contribution in [2.45, 2.75) is 6.42 Å². The maximum atomic E-state index is 13.3. The van der Waals surface area contributed by atoms with E-state index in [0.717, 1.165) is 16.5 Å². The second kappa shape index (κ2) is 3.73. The molecule has 0 aliphatic heterocycles. The highest BCUT2D eigenvalue weighted by Gasteiger charge is 2.08. The maximum absolute atomic E-state index is 13.3. The quantitative estimate of drug-likeness (QED) is 0.801. The summed E-state index contributed by atoms with van der Waals surface area (Å²) in [6.07, 6.45) is 0.971. The molecule has 0 radical (unpaired) electrons. The van der Waals surface area contributed by atoms with Crippen molar-refractivity contribution >= 4 is 11.6 Å². The van der Waals surface area contributed by atoms with Crippen LogP contribution >= 0.6 is 0 Å². The summed E-state index contributed by atoms with van der Waals surface area (Å²) in [6, 6.07) is 3.62. The van der Waals surface area contributed by atoms with Crippen LogP contribution in [-0.2, 0) is 11.2 Å². The van der Waals surface area contributed by atoms with E-state index in [-0.39, 0.29) is 11.3 Å². The van der Waals surface area contributed by atoms with Crippen LogP contribution in [0.15, 0.2) is 29.2 Å². The van der Waals surface area contributed by atoms with E-state index in [4.69, 9.17) is 5.11 Å². The van der Waals surface area contributed by atoms with E-state index in [0.29, 0.717) is 0 Å². The molecule has 0 atom stereocenters. The van der Waals surface area contributed by atoms with E-state index < -0.39 is 23.8 Å². The molecule has 0 fully saturated rings. The third kappa shape index (κ3) is 1.77. The lowest BCUT2D eigenvalue weighted by Gasteiger charge is -2.02. The van der Waals surface area contributed by atoms with Gasteiger partial charge in [0.2, 0.25) is 0 Å². The van der Waals surface area contributed by atoms with E-state index in [1.165, 1.54) is 12.3 Å². The number of hydrogen-bond acceptors (Lipinski definition) is 3. The number of rotatable bonds is 2. The molecule has 2 rings (SSSR count). The van der Waals surface area contributed by atoms with E-state index in [1.807, 2.05) is 0 Å². The largest absolute Gasteiger partial charge is 0.481 e. The van der Waals surface area contributed by atoms with Crippen molar-refractivity contribution in [1.29, 1.82) is 0 Å². The third-order valence-corrected chi connectivity index (χ3v) is 2.03. The molecule has 0 spiro atoms. The molecule has 6 heteroatoms. The number of halogens is 1. The molecule has 0 bridgehead atoms.